The van der Waals surface area contributed by atoms with E-state index >= 15 is 0 Å². The van der Waals surface area contributed by atoms with Crippen molar-refractivity contribution in [1.29, 1.82) is 0 Å². The van der Waals surface area contributed by atoms with Crippen LogP contribution < -0.4 is 5.32 Å². The third-order valence-electron chi connectivity index (χ3n) is 6.57. The summed E-state index contributed by atoms with van der Waals surface area (Å²) in [6, 6.07) is 10.6. The van der Waals surface area contributed by atoms with E-state index in [2.05, 4.69) is 90.4 Å². The van der Waals surface area contributed by atoms with Gasteiger partial charge < -0.3 is 14.7 Å². The molecule has 35 heavy (non-hydrogen) atoms. The van der Waals surface area contributed by atoms with Gasteiger partial charge in [-0.25, -0.2) is 4.98 Å². The summed E-state index contributed by atoms with van der Waals surface area (Å²) in [5, 5.41) is 5.69. The second kappa shape index (κ2) is 11.5. The van der Waals surface area contributed by atoms with Gasteiger partial charge in [-0.1, -0.05) is 68.8 Å². The van der Waals surface area contributed by atoms with Crippen molar-refractivity contribution in [3.63, 3.8) is 0 Å². The summed E-state index contributed by atoms with van der Waals surface area (Å²) < 4.78 is 2.24. The van der Waals surface area contributed by atoms with Gasteiger partial charge in [-0.3, -0.25) is 0 Å². The van der Waals surface area contributed by atoms with Crippen LogP contribution in [-0.2, 0) is 6.42 Å². The lowest BCUT2D eigenvalue weighted by Crippen LogP contribution is -2.08. The Morgan fingerprint density at radius 3 is 2.86 bits per heavy atom. The molecule has 1 unspecified atom stereocenters. The molecule has 2 N–H and O–H groups in total. The fraction of sp³-hybridized carbons (Fsp3) is 0.300. The molecule has 3 aromatic heterocycles. The number of halogens is 1. The predicted molar refractivity (Wildman–Crippen MR) is 151 cm³/mol. The molecule has 1 atom stereocenters. The van der Waals surface area contributed by atoms with Crippen LogP contribution in [0.15, 0.2) is 78.3 Å². The maximum atomic E-state index is 6.43. The zero-order chi connectivity index (χ0) is 24.8. The SMILES string of the molecule is C\C=C(Cl)/C=C(\C=C\CC)c1cc(NCCc2c[nH]c3ccccc23)c2ncc(C(C)CC)n2c1. The quantitative estimate of drug-likeness (QED) is 0.221. The number of allylic oxidation sites excluding steroid dienone is 6. The van der Waals surface area contributed by atoms with Gasteiger partial charge in [0.2, 0.25) is 0 Å². The fourth-order valence-corrected chi connectivity index (χ4v) is 4.46. The average molecular weight is 487 g/mol. The molecule has 0 bridgehead atoms. The van der Waals surface area contributed by atoms with Gasteiger partial charge in [0, 0.05) is 52.3 Å². The van der Waals surface area contributed by atoms with Crippen molar-refractivity contribution >= 4 is 39.4 Å². The lowest BCUT2D eigenvalue weighted by Gasteiger charge is -2.15. The van der Waals surface area contributed by atoms with Crippen LogP contribution in [0.25, 0.3) is 22.1 Å². The molecule has 0 aliphatic heterocycles. The van der Waals surface area contributed by atoms with E-state index in [9.17, 15) is 0 Å². The smallest absolute Gasteiger partial charge is 0.160 e. The molecule has 0 amide bonds. The van der Waals surface area contributed by atoms with Crippen LogP contribution in [0.1, 0.15) is 63.3 Å². The molecular formula is C30H35ClN4. The largest absolute Gasteiger partial charge is 0.382 e. The standard InChI is InChI=1S/C30H35ClN4/c1-5-8-11-22(16-25(31)7-3)24-17-28(30-34-19-29(21(4)6-2)35(30)20-24)32-15-14-23-18-33-27-13-10-9-12-26(23)27/h7-13,16-21,32-33H,5-6,14-15H2,1-4H3/b11-8+,22-16+,25-7+. The van der Waals surface area contributed by atoms with E-state index in [0.717, 1.165) is 53.3 Å². The molecule has 0 aliphatic rings. The highest BCUT2D eigenvalue weighted by molar-refractivity contribution is 6.31. The first-order chi connectivity index (χ1) is 17.0. The Bertz CT molecular complexity index is 1390. The topological polar surface area (TPSA) is 45.1 Å². The highest BCUT2D eigenvalue weighted by atomic mass is 35.5. The van der Waals surface area contributed by atoms with Crippen LogP contribution in [0.4, 0.5) is 5.69 Å². The predicted octanol–water partition coefficient (Wildman–Crippen LogP) is 8.48. The minimum atomic E-state index is 0.414. The summed E-state index contributed by atoms with van der Waals surface area (Å²) >= 11 is 6.43. The number of hydrogen-bond donors (Lipinski definition) is 2. The lowest BCUT2D eigenvalue weighted by molar-refractivity contribution is 0.700. The van der Waals surface area contributed by atoms with Crippen molar-refractivity contribution in [1.82, 2.24) is 14.4 Å². The summed E-state index contributed by atoms with van der Waals surface area (Å²) in [7, 11) is 0. The van der Waals surface area contributed by atoms with Crippen molar-refractivity contribution in [2.24, 2.45) is 0 Å². The summed E-state index contributed by atoms with van der Waals surface area (Å²) in [5.74, 6) is 0.414. The monoisotopic (exact) mass is 486 g/mol. The van der Waals surface area contributed by atoms with Crippen molar-refractivity contribution < 1.29 is 0 Å². The molecule has 0 saturated heterocycles. The number of aromatic amines is 1. The van der Waals surface area contributed by atoms with Gasteiger partial charge in [-0.2, -0.15) is 0 Å². The maximum absolute atomic E-state index is 6.43. The van der Waals surface area contributed by atoms with Gasteiger partial charge in [-0.15, -0.1) is 0 Å². The van der Waals surface area contributed by atoms with Crippen LogP contribution in [0.2, 0.25) is 0 Å². The van der Waals surface area contributed by atoms with Gasteiger partial charge in [0.05, 0.1) is 5.69 Å². The molecule has 4 aromatic rings. The Hall–Kier alpha value is -3.24. The number of aromatic nitrogens is 3. The molecular weight excluding hydrogens is 452 g/mol. The molecule has 0 spiro atoms. The van der Waals surface area contributed by atoms with Crippen molar-refractivity contribution in [2.75, 3.05) is 11.9 Å². The number of H-pyrrole nitrogens is 1. The Labute approximate surface area is 213 Å². The number of benzene rings is 1. The first kappa shape index (κ1) is 24.9. The fourth-order valence-electron chi connectivity index (χ4n) is 4.34. The molecule has 0 radical (unpaired) electrons. The molecule has 4 nitrogen and oxygen atoms in total. The number of hydrogen-bond acceptors (Lipinski definition) is 2. The molecule has 4 rings (SSSR count). The van der Waals surface area contributed by atoms with Crippen LogP contribution in [0.3, 0.4) is 0 Å². The van der Waals surface area contributed by atoms with E-state index in [4.69, 9.17) is 16.6 Å². The minimum Gasteiger partial charge on any atom is -0.382 e. The van der Waals surface area contributed by atoms with E-state index in [1.807, 2.05) is 25.3 Å². The van der Waals surface area contributed by atoms with Crippen molar-refractivity contribution in [2.45, 2.75) is 52.9 Å². The van der Waals surface area contributed by atoms with E-state index in [-0.39, 0.29) is 0 Å². The Balaban J connectivity index is 1.72. The summed E-state index contributed by atoms with van der Waals surface area (Å²) in [6.07, 6.45) is 17.5. The number of anilines is 1. The van der Waals surface area contributed by atoms with Crippen molar-refractivity contribution in [3.05, 3.63) is 95.1 Å². The average Bonchev–Trinajstić information content (AvgIpc) is 3.50. The summed E-state index contributed by atoms with van der Waals surface area (Å²) in [5.41, 5.74) is 7.90. The number of nitrogens with one attached hydrogen (secondary N) is 2. The van der Waals surface area contributed by atoms with Crippen LogP contribution >= 0.6 is 11.6 Å². The van der Waals surface area contributed by atoms with Crippen LogP contribution in [0.5, 0.6) is 0 Å². The molecule has 0 aliphatic carbocycles. The second-order valence-corrected chi connectivity index (χ2v) is 9.38. The van der Waals surface area contributed by atoms with E-state index < -0.39 is 0 Å². The normalized spacial score (nSPS) is 13.9. The number of nitrogens with zero attached hydrogens (tertiary/aromatic N) is 2. The molecule has 1 aromatic carbocycles. The lowest BCUT2D eigenvalue weighted by atomic mass is 10.0. The summed E-state index contributed by atoms with van der Waals surface area (Å²) in [4.78, 5) is 8.19. The number of fused-ring (bicyclic) bond motifs is 2. The molecule has 3 heterocycles. The highest BCUT2D eigenvalue weighted by Crippen LogP contribution is 2.30. The maximum Gasteiger partial charge on any atom is 0.160 e. The zero-order valence-corrected chi connectivity index (χ0v) is 21.9. The second-order valence-electron chi connectivity index (χ2n) is 8.95. The van der Waals surface area contributed by atoms with Gasteiger partial charge >= 0.3 is 0 Å². The number of pyridine rings is 1. The molecule has 182 valence electrons. The highest BCUT2D eigenvalue weighted by Gasteiger charge is 2.15. The molecule has 0 saturated carbocycles. The Morgan fingerprint density at radius 2 is 2.09 bits per heavy atom. The van der Waals surface area contributed by atoms with Gasteiger partial charge in [0.1, 0.15) is 0 Å². The van der Waals surface area contributed by atoms with E-state index in [1.54, 1.807) is 0 Å². The Kier molecular flexibility index (Phi) is 8.14. The molecule has 0 fully saturated rings. The van der Waals surface area contributed by atoms with Gasteiger partial charge in [-0.05, 0) is 61.4 Å². The Morgan fingerprint density at radius 1 is 1.26 bits per heavy atom. The van der Waals surface area contributed by atoms with Crippen LogP contribution in [-0.4, -0.2) is 20.9 Å². The van der Waals surface area contributed by atoms with E-state index in [1.165, 1.54) is 22.2 Å². The first-order valence-electron chi connectivity index (χ1n) is 12.6. The number of para-hydroxylation sites is 1. The van der Waals surface area contributed by atoms with Crippen LogP contribution in [0, 0.1) is 0 Å². The third kappa shape index (κ3) is 5.54. The third-order valence-corrected chi connectivity index (χ3v) is 6.90. The zero-order valence-electron chi connectivity index (χ0n) is 21.1. The van der Waals surface area contributed by atoms with E-state index in [0.29, 0.717) is 5.92 Å². The van der Waals surface area contributed by atoms with Crippen molar-refractivity contribution in [3.8, 4) is 0 Å². The minimum absolute atomic E-state index is 0.414. The summed E-state index contributed by atoms with van der Waals surface area (Å²) in [6.45, 7) is 9.38. The number of imidazole rings is 1. The first-order valence-corrected chi connectivity index (χ1v) is 12.9. The van der Waals surface area contributed by atoms with Gasteiger partial charge in [0.25, 0.3) is 0 Å². The number of rotatable bonds is 10. The van der Waals surface area contributed by atoms with Gasteiger partial charge in [0.15, 0.2) is 5.65 Å². The molecule has 5 heteroatoms.